The van der Waals surface area contributed by atoms with Crippen molar-refractivity contribution in [2.45, 2.75) is 19.4 Å². The first kappa shape index (κ1) is 16.5. The van der Waals surface area contributed by atoms with E-state index in [1.54, 1.807) is 41.4 Å². The smallest absolute Gasteiger partial charge is 0.260 e. The Morgan fingerprint density at radius 2 is 2.12 bits per heavy atom. The zero-order valence-corrected chi connectivity index (χ0v) is 14.1. The minimum atomic E-state index is -0.0603. The van der Waals surface area contributed by atoms with E-state index >= 15 is 0 Å². The summed E-state index contributed by atoms with van der Waals surface area (Å²) < 4.78 is 11.3. The van der Waals surface area contributed by atoms with Crippen LogP contribution in [0.5, 0.6) is 11.6 Å². The summed E-state index contributed by atoms with van der Waals surface area (Å²) in [6.45, 7) is 3.00. The van der Waals surface area contributed by atoms with Crippen molar-refractivity contribution >= 4 is 17.5 Å². The molecule has 1 saturated heterocycles. The number of nitrogens with zero attached hydrogens (tertiary/aromatic N) is 3. The molecule has 24 heavy (non-hydrogen) atoms. The SMILES string of the molecule is Cc1nccc(O[C@H]2CCN(C(=O)COc3ccc(Cl)cc3)C2)n1. The van der Waals surface area contributed by atoms with Crippen LogP contribution in [0.2, 0.25) is 5.02 Å². The summed E-state index contributed by atoms with van der Waals surface area (Å²) in [6, 6.07) is 8.66. The molecule has 0 N–H and O–H groups in total. The number of rotatable bonds is 5. The number of likely N-dealkylation sites (tertiary alicyclic amines) is 1. The van der Waals surface area contributed by atoms with Gasteiger partial charge in [-0.15, -0.1) is 0 Å². The predicted molar refractivity (Wildman–Crippen MR) is 89.3 cm³/mol. The first-order chi connectivity index (χ1) is 11.6. The molecule has 1 atom stereocenters. The van der Waals surface area contributed by atoms with Crippen molar-refractivity contribution < 1.29 is 14.3 Å². The van der Waals surface area contributed by atoms with E-state index in [0.29, 0.717) is 35.6 Å². The predicted octanol–water partition coefficient (Wildman–Crippen LogP) is 2.50. The second-order valence-electron chi connectivity index (χ2n) is 5.55. The maximum absolute atomic E-state index is 12.2. The second kappa shape index (κ2) is 7.49. The van der Waals surface area contributed by atoms with Gasteiger partial charge in [-0.2, -0.15) is 4.98 Å². The number of amides is 1. The maximum Gasteiger partial charge on any atom is 0.260 e. The molecule has 0 saturated carbocycles. The molecule has 1 aliphatic rings. The third-order valence-electron chi connectivity index (χ3n) is 3.71. The summed E-state index contributed by atoms with van der Waals surface area (Å²) in [4.78, 5) is 22.2. The Bertz CT molecular complexity index is 708. The van der Waals surface area contributed by atoms with Gasteiger partial charge in [0.15, 0.2) is 6.61 Å². The fourth-order valence-electron chi connectivity index (χ4n) is 2.49. The van der Waals surface area contributed by atoms with Crippen LogP contribution in [0.15, 0.2) is 36.5 Å². The number of aryl methyl sites for hydroxylation is 1. The molecule has 6 nitrogen and oxygen atoms in total. The zero-order valence-electron chi connectivity index (χ0n) is 13.3. The van der Waals surface area contributed by atoms with Crippen molar-refractivity contribution in [3.8, 4) is 11.6 Å². The molecule has 7 heteroatoms. The van der Waals surface area contributed by atoms with E-state index in [1.807, 2.05) is 6.92 Å². The Kier molecular flexibility index (Phi) is 5.15. The Balaban J connectivity index is 1.48. The second-order valence-corrected chi connectivity index (χ2v) is 5.99. The number of benzene rings is 1. The van der Waals surface area contributed by atoms with Crippen molar-refractivity contribution in [2.24, 2.45) is 0 Å². The van der Waals surface area contributed by atoms with Crippen LogP contribution in [0.3, 0.4) is 0 Å². The lowest BCUT2D eigenvalue weighted by atomic mass is 10.3. The molecule has 0 radical (unpaired) electrons. The molecule has 1 fully saturated rings. The Morgan fingerprint density at radius 3 is 2.88 bits per heavy atom. The van der Waals surface area contributed by atoms with Crippen molar-refractivity contribution in [2.75, 3.05) is 19.7 Å². The number of halogens is 1. The van der Waals surface area contributed by atoms with Crippen LogP contribution in [-0.4, -0.2) is 46.6 Å². The van der Waals surface area contributed by atoms with Crippen molar-refractivity contribution in [3.05, 3.63) is 47.4 Å². The van der Waals surface area contributed by atoms with Gasteiger partial charge in [0.05, 0.1) is 6.54 Å². The molecule has 1 aliphatic heterocycles. The summed E-state index contributed by atoms with van der Waals surface area (Å²) in [5.41, 5.74) is 0. The monoisotopic (exact) mass is 347 g/mol. The van der Waals surface area contributed by atoms with E-state index in [9.17, 15) is 4.79 Å². The number of hydrogen-bond acceptors (Lipinski definition) is 5. The molecular weight excluding hydrogens is 330 g/mol. The maximum atomic E-state index is 12.2. The van der Waals surface area contributed by atoms with E-state index in [2.05, 4.69) is 9.97 Å². The largest absolute Gasteiger partial charge is 0.484 e. The highest BCUT2D eigenvalue weighted by atomic mass is 35.5. The van der Waals surface area contributed by atoms with Crippen molar-refractivity contribution in [3.63, 3.8) is 0 Å². The van der Waals surface area contributed by atoms with Gasteiger partial charge in [-0.1, -0.05) is 11.6 Å². The average Bonchev–Trinajstić information content (AvgIpc) is 3.03. The van der Waals surface area contributed by atoms with Crippen molar-refractivity contribution in [1.29, 1.82) is 0 Å². The Morgan fingerprint density at radius 1 is 1.33 bits per heavy atom. The normalized spacial score (nSPS) is 16.9. The molecule has 0 aliphatic carbocycles. The summed E-state index contributed by atoms with van der Waals surface area (Å²) >= 11 is 5.82. The first-order valence-corrected chi connectivity index (χ1v) is 8.10. The highest BCUT2D eigenvalue weighted by molar-refractivity contribution is 6.30. The van der Waals surface area contributed by atoms with Crippen LogP contribution in [0.1, 0.15) is 12.2 Å². The van der Waals surface area contributed by atoms with Gasteiger partial charge in [0.25, 0.3) is 5.91 Å². The molecule has 126 valence electrons. The van der Waals surface area contributed by atoms with Crippen LogP contribution in [0, 0.1) is 6.92 Å². The van der Waals surface area contributed by atoms with E-state index in [0.717, 1.165) is 6.42 Å². The summed E-state index contributed by atoms with van der Waals surface area (Å²) in [6.07, 6.45) is 2.38. The molecule has 3 rings (SSSR count). The topological polar surface area (TPSA) is 64.5 Å². The number of carbonyl (C=O) groups excluding carboxylic acids is 1. The van der Waals surface area contributed by atoms with Crippen LogP contribution < -0.4 is 9.47 Å². The lowest BCUT2D eigenvalue weighted by molar-refractivity contribution is -0.132. The minimum absolute atomic E-state index is 0.000960. The third kappa shape index (κ3) is 4.35. The highest BCUT2D eigenvalue weighted by Crippen LogP contribution is 2.18. The zero-order chi connectivity index (χ0) is 16.9. The summed E-state index contributed by atoms with van der Waals surface area (Å²) in [5, 5.41) is 0.633. The average molecular weight is 348 g/mol. The van der Waals surface area contributed by atoms with Crippen LogP contribution in [-0.2, 0) is 4.79 Å². The van der Waals surface area contributed by atoms with E-state index in [4.69, 9.17) is 21.1 Å². The first-order valence-electron chi connectivity index (χ1n) is 7.72. The fourth-order valence-corrected chi connectivity index (χ4v) is 2.61. The molecular formula is C17H18ClN3O3. The number of ether oxygens (including phenoxy) is 2. The quantitative estimate of drug-likeness (QED) is 0.831. The standard InChI is InChI=1S/C17H18ClN3O3/c1-12-19-8-6-16(20-12)24-15-7-9-21(10-15)17(22)11-23-14-4-2-13(18)3-5-14/h2-6,8,15H,7,9-11H2,1H3/t15-/m0/s1. The molecule has 2 heterocycles. The molecule has 0 spiro atoms. The van der Waals surface area contributed by atoms with Gasteiger partial charge >= 0.3 is 0 Å². The lowest BCUT2D eigenvalue weighted by Crippen LogP contribution is -2.34. The molecule has 0 bridgehead atoms. The van der Waals surface area contributed by atoms with Crippen LogP contribution in [0.4, 0.5) is 0 Å². The molecule has 1 aromatic carbocycles. The summed E-state index contributed by atoms with van der Waals surface area (Å²) in [5.74, 6) is 1.76. The molecule has 1 aromatic heterocycles. The molecule has 2 aromatic rings. The molecule has 1 amide bonds. The number of aromatic nitrogens is 2. The minimum Gasteiger partial charge on any atom is -0.484 e. The van der Waals surface area contributed by atoms with Gasteiger partial charge in [0, 0.05) is 30.3 Å². The highest BCUT2D eigenvalue weighted by Gasteiger charge is 2.28. The van der Waals surface area contributed by atoms with Crippen LogP contribution >= 0.6 is 11.6 Å². The van der Waals surface area contributed by atoms with E-state index in [-0.39, 0.29) is 18.6 Å². The Hall–Kier alpha value is -2.34. The summed E-state index contributed by atoms with van der Waals surface area (Å²) in [7, 11) is 0. The number of hydrogen-bond donors (Lipinski definition) is 0. The molecule has 0 unspecified atom stereocenters. The van der Waals surface area contributed by atoms with Gasteiger partial charge in [-0.05, 0) is 31.2 Å². The Labute approximate surface area is 145 Å². The van der Waals surface area contributed by atoms with Crippen molar-refractivity contribution in [1.82, 2.24) is 14.9 Å². The lowest BCUT2D eigenvalue weighted by Gasteiger charge is -2.17. The van der Waals surface area contributed by atoms with Crippen LogP contribution in [0.25, 0.3) is 0 Å². The van der Waals surface area contributed by atoms with E-state index < -0.39 is 0 Å². The van der Waals surface area contributed by atoms with Gasteiger partial charge in [-0.3, -0.25) is 4.79 Å². The van der Waals surface area contributed by atoms with Gasteiger partial charge in [0.1, 0.15) is 17.7 Å². The van der Waals surface area contributed by atoms with Gasteiger partial charge < -0.3 is 14.4 Å². The third-order valence-corrected chi connectivity index (χ3v) is 3.96. The van der Waals surface area contributed by atoms with Gasteiger partial charge in [-0.25, -0.2) is 4.98 Å². The van der Waals surface area contributed by atoms with Gasteiger partial charge in [0.2, 0.25) is 5.88 Å². The fraction of sp³-hybridized carbons (Fsp3) is 0.353. The van der Waals surface area contributed by atoms with E-state index in [1.165, 1.54) is 0 Å². The number of carbonyl (C=O) groups is 1.